The van der Waals surface area contributed by atoms with Crippen molar-refractivity contribution in [2.24, 2.45) is 0 Å². The van der Waals surface area contributed by atoms with Crippen molar-refractivity contribution in [1.29, 1.82) is 0 Å². The smallest absolute Gasteiger partial charge is 0.137 e. The van der Waals surface area contributed by atoms with E-state index in [0.29, 0.717) is 23.1 Å². The first-order valence-electron chi connectivity index (χ1n) is 5.92. The van der Waals surface area contributed by atoms with Crippen LogP contribution < -0.4 is 0 Å². The Labute approximate surface area is 120 Å². The average molecular weight is 326 g/mol. The molecule has 0 radical (unpaired) electrons. The molecule has 0 saturated carbocycles. The summed E-state index contributed by atoms with van der Waals surface area (Å²) < 4.78 is 27.1. The van der Waals surface area contributed by atoms with Gasteiger partial charge in [-0.2, -0.15) is 0 Å². The van der Waals surface area contributed by atoms with Crippen LogP contribution in [0, 0.1) is 11.6 Å². The molecule has 2 aromatic carbocycles. The second kappa shape index (κ2) is 6.26. The van der Waals surface area contributed by atoms with E-state index in [2.05, 4.69) is 15.9 Å². The lowest BCUT2D eigenvalue weighted by atomic mass is 10.1. The van der Waals surface area contributed by atoms with Crippen molar-refractivity contribution in [3.8, 4) is 0 Å². The van der Waals surface area contributed by atoms with Crippen LogP contribution in [0.15, 0.2) is 46.9 Å². The highest BCUT2D eigenvalue weighted by Crippen LogP contribution is 2.18. The van der Waals surface area contributed by atoms with Gasteiger partial charge in [-0.05, 0) is 46.7 Å². The van der Waals surface area contributed by atoms with Crippen molar-refractivity contribution in [2.45, 2.75) is 13.1 Å². The molecule has 0 unspecified atom stereocenters. The van der Waals surface area contributed by atoms with E-state index in [1.807, 2.05) is 18.0 Å². The second-order valence-corrected chi connectivity index (χ2v) is 5.37. The lowest BCUT2D eigenvalue weighted by Gasteiger charge is -2.17. The predicted octanol–water partition coefficient (Wildman–Crippen LogP) is 4.36. The molecular formula is C15H14BrF2N. The maximum atomic E-state index is 13.5. The van der Waals surface area contributed by atoms with Gasteiger partial charge in [-0.1, -0.05) is 24.3 Å². The van der Waals surface area contributed by atoms with Gasteiger partial charge in [-0.15, -0.1) is 0 Å². The topological polar surface area (TPSA) is 3.24 Å². The van der Waals surface area contributed by atoms with Gasteiger partial charge in [0.1, 0.15) is 11.6 Å². The average Bonchev–Trinajstić information content (AvgIpc) is 2.37. The van der Waals surface area contributed by atoms with Crippen molar-refractivity contribution < 1.29 is 8.78 Å². The fourth-order valence-corrected chi connectivity index (χ4v) is 2.35. The minimum Gasteiger partial charge on any atom is -0.298 e. The van der Waals surface area contributed by atoms with Crippen LogP contribution in [0.3, 0.4) is 0 Å². The van der Waals surface area contributed by atoms with Crippen LogP contribution in [0.1, 0.15) is 11.1 Å². The van der Waals surface area contributed by atoms with E-state index in [1.165, 1.54) is 12.1 Å². The monoisotopic (exact) mass is 325 g/mol. The third-order valence-electron chi connectivity index (χ3n) is 2.83. The molecular weight excluding hydrogens is 312 g/mol. The van der Waals surface area contributed by atoms with Gasteiger partial charge >= 0.3 is 0 Å². The molecule has 0 bridgehead atoms. The van der Waals surface area contributed by atoms with Gasteiger partial charge in [0.25, 0.3) is 0 Å². The third-order valence-corrected chi connectivity index (χ3v) is 3.44. The van der Waals surface area contributed by atoms with Crippen LogP contribution in [0.2, 0.25) is 0 Å². The Balaban J connectivity index is 2.03. The molecule has 0 spiro atoms. The molecule has 0 aromatic heterocycles. The molecule has 4 heteroatoms. The minimum absolute atomic E-state index is 0.199. The number of benzene rings is 2. The van der Waals surface area contributed by atoms with Crippen LogP contribution in [0.4, 0.5) is 8.78 Å². The molecule has 19 heavy (non-hydrogen) atoms. The summed E-state index contributed by atoms with van der Waals surface area (Å²) in [6.07, 6.45) is 0. The molecule has 0 fully saturated rings. The van der Waals surface area contributed by atoms with Crippen LogP contribution in [-0.2, 0) is 13.1 Å². The molecule has 0 aliphatic rings. The summed E-state index contributed by atoms with van der Waals surface area (Å²) in [5.74, 6) is -0.477. The van der Waals surface area contributed by atoms with Crippen molar-refractivity contribution in [3.05, 3.63) is 69.7 Å². The SMILES string of the molecule is CN(Cc1ccc(F)c(Br)c1)Cc1ccccc1F. The largest absolute Gasteiger partial charge is 0.298 e. The number of hydrogen-bond acceptors (Lipinski definition) is 1. The highest BCUT2D eigenvalue weighted by atomic mass is 79.9. The Bertz CT molecular complexity index is 572. The predicted molar refractivity (Wildman–Crippen MR) is 75.7 cm³/mol. The van der Waals surface area contributed by atoms with Gasteiger partial charge < -0.3 is 0 Å². The van der Waals surface area contributed by atoms with Gasteiger partial charge in [0.15, 0.2) is 0 Å². The molecule has 0 heterocycles. The Kier molecular flexibility index (Phi) is 4.66. The van der Waals surface area contributed by atoms with Crippen molar-refractivity contribution >= 4 is 15.9 Å². The molecule has 0 N–H and O–H groups in total. The zero-order valence-electron chi connectivity index (χ0n) is 10.5. The maximum absolute atomic E-state index is 13.5. The molecule has 2 aromatic rings. The van der Waals surface area contributed by atoms with E-state index < -0.39 is 0 Å². The first-order valence-corrected chi connectivity index (χ1v) is 6.71. The van der Waals surface area contributed by atoms with E-state index >= 15 is 0 Å². The molecule has 0 aliphatic heterocycles. The summed E-state index contributed by atoms with van der Waals surface area (Å²) >= 11 is 3.16. The molecule has 0 aliphatic carbocycles. The number of halogens is 3. The van der Waals surface area contributed by atoms with Crippen molar-refractivity contribution in [3.63, 3.8) is 0 Å². The number of hydrogen-bond donors (Lipinski definition) is 0. The molecule has 2 rings (SSSR count). The van der Waals surface area contributed by atoms with E-state index in [1.54, 1.807) is 24.3 Å². The van der Waals surface area contributed by atoms with Crippen LogP contribution in [-0.4, -0.2) is 11.9 Å². The Morgan fingerprint density at radius 3 is 2.42 bits per heavy atom. The second-order valence-electron chi connectivity index (χ2n) is 4.51. The number of rotatable bonds is 4. The zero-order chi connectivity index (χ0) is 13.8. The summed E-state index contributed by atoms with van der Waals surface area (Å²) in [5, 5.41) is 0. The summed E-state index contributed by atoms with van der Waals surface area (Å²) in [4.78, 5) is 1.98. The summed E-state index contributed by atoms with van der Waals surface area (Å²) in [7, 11) is 1.91. The highest BCUT2D eigenvalue weighted by Gasteiger charge is 2.07. The van der Waals surface area contributed by atoms with E-state index in [4.69, 9.17) is 0 Å². The maximum Gasteiger partial charge on any atom is 0.137 e. The Morgan fingerprint density at radius 2 is 1.74 bits per heavy atom. The van der Waals surface area contributed by atoms with Crippen molar-refractivity contribution in [2.75, 3.05) is 7.05 Å². The Morgan fingerprint density at radius 1 is 1.00 bits per heavy atom. The molecule has 0 amide bonds. The molecule has 0 atom stereocenters. The summed E-state index contributed by atoms with van der Waals surface area (Å²) in [5.41, 5.74) is 1.64. The highest BCUT2D eigenvalue weighted by molar-refractivity contribution is 9.10. The summed E-state index contributed by atoms with van der Waals surface area (Å²) in [6, 6.07) is 11.6. The third kappa shape index (κ3) is 3.85. The van der Waals surface area contributed by atoms with Gasteiger partial charge in [-0.3, -0.25) is 4.90 Å². The fraction of sp³-hybridized carbons (Fsp3) is 0.200. The van der Waals surface area contributed by atoms with E-state index in [-0.39, 0.29) is 11.6 Å². The van der Waals surface area contributed by atoms with Gasteiger partial charge in [0.05, 0.1) is 4.47 Å². The molecule has 0 saturated heterocycles. The van der Waals surface area contributed by atoms with Crippen LogP contribution >= 0.6 is 15.9 Å². The Hall–Kier alpha value is -1.26. The van der Waals surface area contributed by atoms with Crippen LogP contribution in [0.25, 0.3) is 0 Å². The summed E-state index contributed by atoms with van der Waals surface area (Å²) in [6.45, 7) is 1.15. The molecule has 1 nitrogen and oxygen atoms in total. The minimum atomic E-state index is -0.277. The van der Waals surface area contributed by atoms with Gasteiger partial charge in [0, 0.05) is 18.7 Å². The fourth-order valence-electron chi connectivity index (χ4n) is 1.92. The number of nitrogens with zero attached hydrogens (tertiary/aromatic N) is 1. The van der Waals surface area contributed by atoms with E-state index in [0.717, 1.165) is 5.56 Å². The quantitative estimate of drug-likeness (QED) is 0.807. The van der Waals surface area contributed by atoms with E-state index in [9.17, 15) is 8.78 Å². The standard InChI is InChI=1S/C15H14BrF2N/c1-19(10-12-4-2-3-5-14(12)17)9-11-6-7-15(18)13(16)8-11/h2-8H,9-10H2,1H3. The van der Waals surface area contributed by atoms with Crippen LogP contribution in [0.5, 0.6) is 0 Å². The first-order chi connectivity index (χ1) is 9.06. The lowest BCUT2D eigenvalue weighted by molar-refractivity contribution is 0.313. The van der Waals surface area contributed by atoms with Gasteiger partial charge in [-0.25, -0.2) is 8.78 Å². The first kappa shape index (κ1) is 14.2. The molecule has 100 valence electrons. The van der Waals surface area contributed by atoms with Crippen molar-refractivity contribution in [1.82, 2.24) is 4.90 Å². The lowest BCUT2D eigenvalue weighted by Crippen LogP contribution is -2.18. The zero-order valence-corrected chi connectivity index (χ0v) is 12.1. The van der Waals surface area contributed by atoms with Gasteiger partial charge in [0.2, 0.25) is 0 Å². The normalized spacial score (nSPS) is 11.0.